The van der Waals surface area contributed by atoms with Gasteiger partial charge in [0.1, 0.15) is 24.3 Å². The van der Waals surface area contributed by atoms with Gasteiger partial charge in [0, 0.05) is 23.3 Å². The van der Waals surface area contributed by atoms with Crippen molar-refractivity contribution in [2.24, 2.45) is 7.05 Å². The van der Waals surface area contributed by atoms with E-state index in [9.17, 15) is 0 Å². The fourth-order valence-electron chi connectivity index (χ4n) is 4.94. The molecule has 0 bridgehead atoms. The maximum atomic E-state index is 15.2. The Morgan fingerprint density at radius 1 is 1.10 bits per heavy atom. The summed E-state index contributed by atoms with van der Waals surface area (Å²) in [6, 6.07) is 13.2. The minimum Gasteiger partial charge on any atom is -0.247 e. The van der Waals surface area contributed by atoms with E-state index in [0.717, 1.165) is 17.1 Å². The summed E-state index contributed by atoms with van der Waals surface area (Å²) < 4.78 is 19.5. The van der Waals surface area contributed by atoms with Gasteiger partial charge in [-0.05, 0) is 40.8 Å². The Balaban J connectivity index is 2.07. The first-order valence-electron chi connectivity index (χ1n) is 10.6. The largest absolute Gasteiger partial charge is 0.258 e. The summed E-state index contributed by atoms with van der Waals surface area (Å²) in [7, 11) is 2.05. The molecule has 0 saturated heterocycles. The minimum atomic E-state index is -0.909. The molecule has 0 saturated carbocycles. The van der Waals surface area contributed by atoms with Gasteiger partial charge in [0.2, 0.25) is 0 Å². The Kier molecular flexibility index (Phi) is 4.49. The fraction of sp³-hybridized carbons (Fsp3) is 0.423. The molecule has 1 aliphatic carbocycles. The van der Waals surface area contributed by atoms with E-state index in [1.54, 1.807) is 0 Å². The number of aryl methyl sites for hydroxylation is 1. The lowest BCUT2D eigenvalue weighted by Gasteiger charge is -2.31. The zero-order valence-corrected chi connectivity index (χ0v) is 18.7. The number of imidazole rings is 1. The molecule has 1 heterocycles. The Morgan fingerprint density at radius 2 is 1.79 bits per heavy atom. The predicted octanol–water partition coefficient (Wildman–Crippen LogP) is 5.94. The van der Waals surface area contributed by atoms with Crippen LogP contribution in [0.2, 0.25) is 0 Å². The first kappa shape index (κ1) is 19.9. The molecule has 152 valence electrons. The molecule has 3 aromatic rings. The zero-order valence-electron chi connectivity index (χ0n) is 18.7. The third-order valence-corrected chi connectivity index (χ3v) is 7.09. The molecule has 29 heavy (non-hydrogen) atoms. The summed E-state index contributed by atoms with van der Waals surface area (Å²) in [6.07, 6.45) is 3.74. The number of hydrogen-bond donors (Lipinski definition) is 0. The lowest BCUT2D eigenvalue weighted by molar-refractivity contribution is -0.677. The van der Waals surface area contributed by atoms with Crippen molar-refractivity contribution < 1.29 is 8.96 Å². The van der Waals surface area contributed by atoms with Gasteiger partial charge in [0.15, 0.2) is 0 Å². The molecule has 0 fully saturated rings. The van der Waals surface area contributed by atoms with Gasteiger partial charge in [-0.2, -0.15) is 4.57 Å². The van der Waals surface area contributed by atoms with Crippen LogP contribution in [0, 0.1) is 6.92 Å². The molecule has 1 aromatic heterocycles. The van der Waals surface area contributed by atoms with Crippen molar-refractivity contribution in [1.29, 1.82) is 0 Å². The molecule has 2 aromatic carbocycles. The lowest BCUT2D eigenvalue weighted by atomic mass is 9.75. The van der Waals surface area contributed by atoms with E-state index in [2.05, 4.69) is 78.7 Å². The Hall–Kier alpha value is -2.42. The minimum absolute atomic E-state index is 0.0769. The van der Waals surface area contributed by atoms with Crippen LogP contribution in [0.1, 0.15) is 63.6 Å². The topological polar surface area (TPSA) is 8.81 Å². The summed E-state index contributed by atoms with van der Waals surface area (Å²) >= 11 is 0. The number of nitrogens with zero attached hydrogens (tertiary/aromatic N) is 2. The van der Waals surface area contributed by atoms with E-state index < -0.39 is 11.6 Å². The van der Waals surface area contributed by atoms with Gasteiger partial charge in [-0.3, -0.25) is 0 Å². The number of benzene rings is 2. The van der Waals surface area contributed by atoms with E-state index in [-0.39, 0.29) is 5.41 Å². The summed E-state index contributed by atoms with van der Waals surface area (Å²) in [5, 5.41) is 0. The van der Waals surface area contributed by atoms with Crippen LogP contribution in [-0.4, -0.2) is 10.7 Å². The number of fused-ring (bicyclic) bond motifs is 3. The van der Waals surface area contributed by atoms with E-state index in [1.807, 2.05) is 27.8 Å². The predicted molar refractivity (Wildman–Crippen MR) is 117 cm³/mol. The second kappa shape index (κ2) is 6.55. The molecule has 2 nitrogen and oxygen atoms in total. The first-order valence-corrected chi connectivity index (χ1v) is 10.6. The highest BCUT2D eigenvalue weighted by Gasteiger charge is 2.41. The van der Waals surface area contributed by atoms with E-state index in [0.29, 0.717) is 6.42 Å². The van der Waals surface area contributed by atoms with Crippen LogP contribution >= 0.6 is 0 Å². The number of halogens is 1. The van der Waals surface area contributed by atoms with Gasteiger partial charge in [-0.25, -0.2) is 8.96 Å². The quantitative estimate of drug-likeness (QED) is 0.487. The van der Waals surface area contributed by atoms with Crippen molar-refractivity contribution in [3.63, 3.8) is 0 Å². The van der Waals surface area contributed by atoms with Gasteiger partial charge in [-0.1, -0.05) is 58.9 Å². The van der Waals surface area contributed by atoms with Crippen LogP contribution in [0.3, 0.4) is 0 Å². The highest BCUT2D eigenvalue weighted by molar-refractivity contribution is 5.83. The van der Waals surface area contributed by atoms with Crippen LogP contribution in [0.4, 0.5) is 4.39 Å². The lowest BCUT2D eigenvalue weighted by Crippen LogP contribution is -2.33. The molecule has 1 aliphatic rings. The van der Waals surface area contributed by atoms with Crippen molar-refractivity contribution in [3.8, 4) is 16.8 Å². The van der Waals surface area contributed by atoms with Gasteiger partial charge in [0.05, 0.1) is 7.05 Å². The van der Waals surface area contributed by atoms with Gasteiger partial charge in [0.25, 0.3) is 5.82 Å². The van der Waals surface area contributed by atoms with Crippen LogP contribution < -0.4 is 4.57 Å². The fourth-order valence-corrected chi connectivity index (χ4v) is 4.94. The monoisotopic (exact) mass is 391 g/mol. The molecule has 3 heteroatoms. The van der Waals surface area contributed by atoms with Crippen LogP contribution in [-0.2, 0) is 17.9 Å². The van der Waals surface area contributed by atoms with E-state index >= 15 is 4.39 Å². The molecular formula is C26H32FN2+. The summed E-state index contributed by atoms with van der Waals surface area (Å²) in [5.41, 5.74) is 6.67. The maximum absolute atomic E-state index is 15.2. The Labute approximate surface area is 174 Å². The molecule has 0 radical (unpaired) electrons. The number of alkyl halides is 1. The van der Waals surface area contributed by atoms with E-state index in [1.165, 1.54) is 22.3 Å². The van der Waals surface area contributed by atoms with Crippen LogP contribution in [0.5, 0.6) is 0 Å². The average Bonchev–Trinajstić information content (AvgIpc) is 3.15. The highest BCUT2D eigenvalue weighted by atomic mass is 19.1. The van der Waals surface area contributed by atoms with Crippen molar-refractivity contribution in [2.75, 3.05) is 0 Å². The second-order valence-electron chi connectivity index (χ2n) is 9.51. The zero-order chi connectivity index (χ0) is 21.1. The smallest absolute Gasteiger partial charge is 0.247 e. The molecule has 4 rings (SSSR count). The third kappa shape index (κ3) is 2.78. The number of aromatic nitrogens is 2. The van der Waals surface area contributed by atoms with Crippen molar-refractivity contribution in [3.05, 3.63) is 71.3 Å². The van der Waals surface area contributed by atoms with Crippen LogP contribution in [0.15, 0.2) is 48.8 Å². The molecule has 0 amide bonds. The average molecular weight is 392 g/mol. The third-order valence-electron chi connectivity index (χ3n) is 7.09. The normalized spacial score (nSPS) is 15.9. The van der Waals surface area contributed by atoms with Crippen molar-refractivity contribution in [2.45, 2.75) is 65.0 Å². The van der Waals surface area contributed by atoms with Crippen molar-refractivity contribution >= 4 is 0 Å². The van der Waals surface area contributed by atoms with E-state index in [4.69, 9.17) is 0 Å². The molecule has 0 aliphatic heterocycles. The molecule has 1 atom stereocenters. The molecule has 0 N–H and O–H groups in total. The van der Waals surface area contributed by atoms with Gasteiger partial charge >= 0.3 is 0 Å². The summed E-state index contributed by atoms with van der Waals surface area (Å²) in [5.74, 6) is 1.13. The van der Waals surface area contributed by atoms with Crippen molar-refractivity contribution in [1.82, 2.24) is 4.57 Å². The molecule has 0 spiro atoms. The maximum Gasteiger partial charge on any atom is 0.258 e. The van der Waals surface area contributed by atoms with Gasteiger partial charge in [-0.15, -0.1) is 0 Å². The summed E-state index contributed by atoms with van der Waals surface area (Å²) in [4.78, 5) is 0. The van der Waals surface area contributed by atoms with Gasteiger partial charge < -0.3 is 0 Å². The molecule has 0 unspecified atom stereocenters. The Morgan fingerprint density at radius 3 is 2.41 bits per heavy atom. The SMILES string of the molecule is CC[C@@H](F)C(C)(C)c1cc2c(cc1-n1cc[n+](C)c1C)C(C)(C)c1ccccc1-2. The summed E-state index contributed by atoms with van der Waals surface area (Å²) in [6.45, 7) is 12.7. The second-order valence-corrected chi connectivity index (χ2v) is 9.51. The Bertz CT molecular complexity index is 1090. The first-order chi connectivity index (χ1) is 13.6. The molecular weight excluding hydrogens is 359 g/mol. The highest BCUT2D eigenvalue weighted by Crippen LogP contribution is 2.51. The number of rotatable bonds is 4. The van der Waals surface area contributed by atoms with Crippen LogP contribution in [0.25, 0.3) is 16.8 Å². The standard InChI is InChI=1S/C26H32FN2/c1-8-24(27)26(5,6)22-15-19-18-11-9-10-12-20(18)25(3,4)21(19)16-23(22)29-14-13-28(7)17(29)2/h9-16,24H,8H2,1-7H3/q+1/t24-/m1/s1. The number of hydrogen-bond acceptors (Lipinski definition) is 0.